The number of carboxylic acids is 1. The Morgan fingerprint density at radius 3 is 2.74 bits per heavy atom. The number of nitrogens with zero attached hydrogens (tertiary/aromatic N) is 2. The van der Waals surface area contributed by atoms with E-state index in [0.717, 1.165) is 11.0 Å². The maximum Gasteiger partial charge on any atom is 0.323 e. The molecule has 1 aromatic rings. The first-order chi connectivity index (χ1) is 8.86. The fraction of sp³-hybridized carbons (Fsp3) is 0.182. The Labute approximate surface area is 116 Å². The second-order valence-electron chi connectivity index (χ2n) is 3.47. The number of rotatable bonds is 5. The van der Waals surface area contributed by atoms with Gasteiger partial charge in [-0.2, -0.15) is 0 Å². The summed E-state index contributed by atoms with van der Waals surface area (Å²) in [6.07, 6.45) is 5.10. The second kappa shape index (κ2) is 6.15. The van der Waals surface area contributed by atoms with Gasteiger partial charge in [0.1, 0.15) is 18.0 Å². The number of carboxylic acid groups (broad SMARTS) is 1. The fourth-order valence-electron chi connectivity index (χ4n) is 1.43. The molecule has 0 heterocycles. The lowest BCUT2D eigenvalue weighted by Crippen LogP contribution is -2.30. The van der Waals surface area contributed by atoms with Crippen molar-refractivity contribution in [2.75, 3.05) is 18.0 Å². The van der Waals surface area contributed by atoms with E-state index < -0.39 is 28.9 Å². The van der Waals surface area contributed by atoms with Gasteiger partial charge in [-0.15, -0.1) is 6.42 Å². The first-order valence-corrected chi connectivity index (χ1v) is 5.69. The molecule has 8 heteroatoms. The minimum Gasteiger partial charge on any atom is -0.480 e. The van der Waals surface area contributed by atoms with Crippen LogP contribution in [0.25, 0.3) is 0 Å². The van der Waals surface area contributed by atoms with Crippen LogP contribution < -0.4 is 4.90 Å². The lowest BCUT2D eigenvalue weighted by molar-refractivity contribution is -0.384. The van der Waals surface area contributed by atoms with Crippen molar-refractivity contribution in [3.8, 4) is 12.3 Å². The van der Waals surface area contributed by atoms with Crippen molar-refractivity contribution in [1.29, 1.82) is 0 Å². The molecule has 0 aromatic heterocycles. The zero-order chi connectivity index (χ0) is 14.6. The molecule has 0 spiro atoms. The number of nitro benzene ring substituents is 1. The van der Waals surface area contributed by atoms with Crippen LogP contribution >= 0.6 is 15.9 Å². The van der Waals surface area contributed by atoms with Crippen LogP contribution in [0.1, 0.15) is 0 Å². The Morgan fingerprint density at radius 2 is 2.26 bits per heavy atom. The normalized spacial score (nSPS) is 9.74. The van der Waals surface area contributed by atoms with E-state index in [2.05, 4.69) is 21.9 Å². The van der Waals surface area contributed by atoms with Crippen molar-refractivity contribution in [2.45, 2.75) is 0 Å². The SMILES string of the molecule is C#CCN(CC(=O)O)c1cc(Br)c(F)cc1[N+](=O)[O-]. The number of benzene rings is 1. The molecule has 0 unspecified atom stereocenters. The fourth-order valence-corrected chi connectivity index (χ4v) is 1.76. The Kier molecular flexibility index (Phi) is 4.83. The third-order valence-corrected chi connectivity index (χ3v) is 2.77. The molecule has 1 rings (SSSR count). The highest BCUT2D eigenvalue weighted by molar-refractivity contribution is 9.10. The summed E-state index contributed by atoms with van der Waals surface area (Å²) in [7, 11) is 0. The van der Waals surface area contributed by atoms with E-state index in [1.807, 2.05) is 0 Å². The Bertz CT molecular complexity index is 571. The third-order valence-electron chi connectivity index (χ3n) is 2.16. The van der Waals surface area contributed by atoms with Gasteiger partial charge in [0.25, 0.3) is 5.69 Å². The Balaban J connectivity index is 3.35. The summed E-state index contributed by atoms with van der Waals surface area (Å²) in [6, 6.07) is 1.85. The smallest absolute Gasteiger partial charge is 0.323 e. The van der Waals surface area contributed by atoms with Crippen LogP contribution in [0.2, 0.25) is 0 Å². The second-order valence-corrected chi connectivity index (χ2v) is 4.32. The van der Waals surface area contributed by atoms with Crippen LogP contribution in [0.15, 0.2) is 16.6 Å². The summed E-state index contributed by atoms with van der Waals surface area (Å²) in [6.45, 7) is -0.672. The highest BCUT2D eigenvalue weighted by atomic mass is 79.9. The Morgan fingerprint density at radius 1 is 1.63 bits per heavy atom. The number of halogens is 2. The molecular formula is C11H8BrFN2O4. The van der Waals surface area contributed by atoms with Crippen LogP contribution in [0.4, 0.5) is 15.8 Å². The molecular weight excluding hydrogens is 323 g/mol. The summed E-state index contributed by atoms with van der Waals surface area (Å²) < 4.78 is 13.3. The molecule has 0 fully saturated rings. The molecule has 0 amide bonds. The number of carbonyl (C=O) groups is 1. The minimum absolute atomic E-state index is 0.0134. The summed E-state index contributed by atoms with van der Waals surface area (Å²) in [5.41, 5.74) is -0.601. The molecule has 0 radical (unpaired) electrons. The minimum atomic E-state index is -1.20. The molecule has 100 valence electrons. The van der Waals surface area contributed by atoms with Crippen molar-refractivity contribution < 1.29 is 19.2 Å². The van der Waals surface area contributed by atoms with Gasteiger partial charge in [-0.05, 0) is 22.0 Å². The van der Waals surface area contributed by atoms with E-state index >= 15 is 0 Å². The maximum absolute atomic E-state index is 13.3. The van der Waals surface area contributed by atoms with Gasteiger partial charge in [0.05, 0.1) is 22.0 Å². The average molecular weight is 331 g/mol. The van der Waals surface area contributed by atoms with Gasteiger partial charge in [0.2, 0.25) is 0 Å². The number of anilines is 1. The van der Waals surface area contributed by atoms with Gasteiger partial charge in [0, 0.05) is 0 Å². The number of hydrogen-bond donors (Lipinski definition) is 1. The largest absolute Gasteiger partial charge is 0.480 e. The van der Waals surface area contributed by atoms with Crippen molar-refractivity contribution in [3.63, 3.8) is 0 Å². The molecule has 0 saturated heterocycles. The monoisotopic (exact) mass is 330 g/mol. The molecule has 0 atom stereocenters. The van der Waals surface area contributed by atoms with Crippen LogP contribution in [-0.2, 0) is 4.79 Å². The zero-order valence-electron chi connectivity index (χ0n) is 9.47. The van der Waals surface area contributed by atoms with Gasteiger partial charge in [-0.25, -0.2) is 4.39 Å². The first kappa shape index (κ1) is 14.9. The molecule has 0 aliphatic heterocycles. The number of aliphatic carboxylic acids is 1. The quantitative estimate of drug-likeness (QED) is 0.507. The summed E-state index contributed by atoms with van der Waals surface area (Å²) in [5.74, 6) is 0.186. The third kappa shape index (κ3) is 3.66. The topological polar surface area (TPSA) is 83.7 Å². The van der Waals surface area contributed by atoms with Crippen LogP contribution in [0.3, 0.4) is 0 Å². The van der Waals surface area contributed by atoms with Gasteiger partial charge in [-0.3, -0.25) is 14.9 Å². The van der Waals surface area contributed by atoms with E-state index in [1.165, 1.54) is 0 Å². The molecule has 19 heavy (non-hydrogen) atoms. The summed E-state index contributed by atoms with van der Waals surface area (Å²) in [4.78, 5) is 21.9. The van der Waals surface area contributed by atoms with Crippen molar-refractivity contribution in [1.82, 2.24) is 0 Å². The van der Waals surface area contributed by atoms with Gasteiger partial charge in [0.15, 0.2) is 0 Å². The van der Waals surface area contributed by atoms with E-state index in [1.54, 1.807) is 0 Å². The van der Waals surface area contributed by atoms with Gasteiger partial charge in [-0.1, -0.05) is 5.92 Å². The Hall–Kier alpha value is -2.14. The van der Waals surface area contributed by atoms with Crippen LogP contribution in [0, 0.1) is 28.3 Å². The molecule has 0 bridgehead atoms. The average Bonchev–Trinajstić information content (AvgIpc) is 2.30. The van der Waals surface area contributed by atoms with E-state index in [-0.39, 0.29) is 16.7 Å². The standard InChI is InChI=1S/C11H8BrFN2O4/c1-2-3-14(6-11(16)17)9-4-7(12)8(13)5-10(9)15(18)19/h1,4-5H,3,6H2,(H,16,17). The lowest BCUT2D eigenvalue weighted by atomic mass is 10.2. The van der Waals surface area contributed by atoms with Crippen LogP contribution in [0.5, 0.6) is 0 Å². The van der Waals surface area contributed by atoms with Gasteiger partial charge < -0.3 is 10.0 Å². The highest BCUT2D eigenvalue weighted by Crippen LogP contribution is 2.33. The highest BCUT2D eigenvalue weighted by Gasteiger charge is 2.23. The lowest BCUT2D eigenvalue weighted by Gasteiger charge is -2.20. The van der Waals surface area contributed by atoms with Crippen molar-refractivity contribution >= 4 is 33.3 Å². The zero-order valence-corrected chi connectivity index (χ0v) is 11.1. The predicted octanol–water partition coefficient (Wildman–Crippen LogP) is 2.02. The summed E-state index contributed by atoms with van der Waals surface area (Å²) >= 11 is 2.89. The number of hydrogen-bond acceptors (Lipinski definition) is 4. The van der Waals surface area contributed by atoms with Gasteiger partial charge >= 0.3 is 5.97 Å². The molecule has 6 nitrogen and oxygen atoms in total. The molecule has 1 N–H and O–H groups in total. The number of terminal acetylenes is 1. The van der Waals surface area contributed by atoms with Crippen molar-refractivity contribution in [3.05, 3.63) is 32.5 Å². The van der Waals surface area contributed by atoms with Crippen molar-refractivity contribution in [2.24, 2.45) is 0 Å². The molecule has 0 aliphatic carbocycles. The van der Waals surface area contributed by atoms with Crippen LogP contribution in [-0.4, -0.2) is 29.1 Å². The van der Waals surface area contributed by atoms with E-state index in [0.29, 0.717) is 6.07 Å². The van der Waals surface area contributed by atoms with E-state index in [4.69, 9.17) is 11.5 Å². The first-order valence-electron chi connectivity index (χ1n) is 4.90. The molecule has 0 aliphatic rings. The molecule has 0 saturated carbocycles. The predicted molar refractivity (Wildman–Crippen MR) is 69.4 cm³/mol. The summed E-state index contributed by atoms with van der Waals surface area (Å²) in [5, 5.41) is 19.6. The number of nitro groups is 1. The maximum atomic E-state index is 13.3. The van der Waals surface area contributed by atoms with E-state index in [9.17, 15) is 19.3 Å². The molecule has 1 aromatic carbocycles.